The van der Waals surface area contributed by atoms with E-state index in [-0.39, 0.29) is 28.9 Å². The molecule has 1 aliphatic heterocycles. The highest BCUT2D eigenvalue weighted by atomic mass is 32.2. The average Bonchev–Trinajstić information content (AvgIpc) is 3.10. The number of likely N-dealkylation sites (N-methyl/N-ethyl adjacent to an activating group) is 1. The van der Waals surface area contributed by atoms with Gasteiger partial charge in [-0.2, -0.15) is 4.31 Å². The number of aromatic nitrogens is 1. The minimum absolute atomic E-state index is 0.0846. The Morgan fingerprint density at radius 1 is 1.22 bits per heavy atom. The van der Waals surface area contributed by atoms with E-state index in [4.69, 9.17) is 4.52 Å². The van der Waals surface area contributed by atoms with Crippen molar-refractivity contribution in [1.82, 2.24) is 19.3 Å². The first-order valence-electron chi connectivity index (χ1n) is 10.7. The van der Waals surface area contributed by atoms with Crippen LogP contribution in [-0.4, -0.2) is 73.9 Å². The van der Waals surface area contributed by atoms with Crippen molar-refractivity contribution in [3.63, 3.8) is 0 Å². The van der Waals surface area contributed by atoms with Crippen molar-refractivity contribution in [2.45, 2.75) is 38.1 Å². The number of hydrogen-bond donors (Lipinski definition) is 0. The Balaban J connectivity index is 1.78. The second-order valence-electron chi connectivity index (χ2n) is 8.55. The predicted octanol–water partition coefficient (Wildman–Crippen LogP) is 2.42. The molecule has 1 aliphatic rings. The van der Waals surface area contributed by atoms with E-state index in [1.54, 1.807) is 30.9 Å². The van der Waals surface area contributed by atoms with Gasteiger partial charge < -0.3 is 14.3 Å². The van der Waals surface area contributed by atoms with Crippen molar-refractivity contribution in [1.29, 1.82) is 0 Å². The summed E-state index contributed by atoms with van der Waals surface area (Å²) in [5.41, 5.74) is 1.15. The van der Waals surface area contributed by atoms with Gasteiger partial charge in [0.05, 0.1) is 5.92 Å². The fraction of sp³-hybridized carbons (Fsp3) is 0.545. The maximum absolute atomic E-state index is 13.5. The van der Waals surface area contributed by atoms with Gasteiger partial charge in [-0.15, -0.1) is 0 Å². The molecule has 1 fully saturated rings. The number of piperidine rings is 1. The van der Waals surface area contributed by atoms with Crippen molar-refractivity contribution < 1.29 is 22.1 Å². The number of rotatable bonds is 8. The normalized spacial score (nSPS) is 17.6. The third-order valence-electron chi connectivity index (χ3n) is 5.71. The zero-order valence-electron chi connectivity index (χ0n) is 19.0. The molecule has 32 heavy (non-hydrogen) atoms. The van der Waals surface area contributed by atoms with Gasteiger partial charge in [0.25, 0.3) is 0 Å². The largest absolute Gasteiger partial charge is 0.360 e. The molecule has 1 unspecified atom stereocenters. The smallest absolute Gasteiger partial charge is 0.248 e. The standard InChI is InChI=1S/C22H31FN4O4S/c1-16-21(17(2)31-24-16)32(29,30)27-11-5-6-19(15-27)22(28)26(13-12-25(3)4)14-18-7-9-20(23)10-8-18/h7-10,19H,5-6,11-15H2,1-4H3. The third kappa shape index (κ3) is 5.54. The predicted molar refractivity (Wildman–Crippen MR) is 118 cm³/mol. The molecule has 10 heteroatoms. The first-order valence-corrected chi connectivity index (χ1v) is 12.1. The maximum atomic E-state index is 13.5. The van der Waals surface area contributed by atoms with Gasteiger partial charge in [0.2, 0.25) is 15.9 Å². The van der Waals surface area contributed by atoms with Crippen LogP contribution in [-0.2, 0) is 21.4 Å². The number of sulfonamides is 1. The van der Waals surface area contributed by atoms with Crippen molar-refractivity contribution in [3.8, 4) is 0 Å². The fourth-order valence-corrected chi connectivity index (χ4v) is 5.81. The summed E-state index contributed by atoms with van der Waals surface area (Å²) in [7, 11) is 0.0542. The van der Waals surface area contributed by atoms with Crippen LogP contribution in [0.4, 0.5) is 4.39 Å². The summed E-state index contributed by atoms with van der Waals surface area (Å²) in [5, 5.41) is 3.77. The molecule has 0 bridgehead atoms. The van der Waals surface area contributed by atoms with E-state index < -0.39 is 15.9 Å². The second kappa shape index (κ2) is 10.1. The molecule has 8 nitrogen and oxygen atoms in total. The van der Waals surface area contributed by atoms with E-state index in [2.05, 4.69) is 5.16 Å². The van der Waals surface area contributed by atoms with E-state index in [9.17, 15) is 17.6 Å². The minimum Gasteiger partial charge on any atom is -0.360 e. The van der Waals surface area contributed by atoms with Crippen LogP contribution in [0.1, 0.15) is 29.9 Å². The summed E-state index contributed by atoms with van der Waals surface area (Å²) in [5.74, 6) is -0.608. The van der Waals surface area contributed by atoms with Gasteiger partial charge in [0.1, 0.15) is 16.4 Å². The van der Waals surface area contributed by atoms with Crippen molar-refractivity contribution in [2.24, 2.45) is 5.92 Å². The van der Waals surface area contributed by atoms with E-state index >= 15 is 0 Å². The number of halogens is 1. The van der Waals surface area contributed by atoms with Gasteiger partial charge in [0.15, 0.2) is 5.76 Å². The molecule has 176 valence electrons. The molecule has 0 radical (unpaired) electrons. The Morgan fingerprint density at radius 2 is 1.91 bits per heavy atom. The zero-order valence-corrected chi connectivity index (χ0v) is 19.9. The number of nitrogens with zero attached hydrogens (tertiary/aromatic N) is 4. The van der Waals surface area contributed by atoms with Crippen LogP contribution < -0.4 is 0 Å². The third-order valence-corrected chi connectivity index (χ3v) is 7.82. The van der Waals surface area contributed by atoms with Gasteiger partial charge in [-0.3, -0.25) is 4.79 Å². The maximum Gasteiger partial charge on any atom is 0.248 e. The Kier molecular flexibility index (Phi) is 7.68. The number of carbonyl (C=O) groups excluding carboxylic acids is 1. The molecule has 1 atom stereocenters. The molecule has 3 rings (SSSR count). The highest BCUT2D eigenvalue weighted by Gasteiger charge is 2.37. The van der Waals surface area contributed by atoms with Crippen LogP contribution >= 0.6 is 0 Å². The highest BCUT2D eigenvalue weighted by molar-refractivity contribution is 7.89. The van der Waals surface area contributed by atoms with Gasteiger partial charge >= 0.3 is 0 Å². The molecule has 1 aromatic carbocycles. The molecule has 2 heterocycles. The summed E-state index contributed by atoms with van der Waals surface area (Å²) in [4.78, 5) is 17.3. The molecule has 1 aromatic heterocycles. The van der Waals surface area contributed by atoms with Crippen LogP contribution in [0.3, 0.4) is 0 Å². The van der Waals surface area contributed by atoms with Gasteiger partial charge in [-0.05, 0) is 58.5 Å². The fourth-order valence-electron chi connectivity index (χ4n) is 3.99. The molecule has 2 aromatic rings. The minimum atomic E-state index is -3.81. The number of benzene rings is 1. The summed E-state index contributed by atoms with van der Waals surface area (Å²) in [6.45, 7) is 5.16. The van der Waals surface area contributed by atoms with Gasteiger partial charge in [-0.1, -0.05) is 17.3 Å². The summed E-state index contributed by atoms with van der Waals surface area (Å²) < 4.78 is 46.2. The van der Waals surface area contributed by atoms with E-state index in [0.717, 1.165) is 5.56 Å². The molecule has 0 spiro atoms. The Morgan fingerprint density at radius 3 is 2.50 bits per heavy atom. The molecule has 0 saturated carbocycles. The van der Waals surface area contributed by atoms with E-state index in [1.807, 2.05) is 19.0 Å². The first-order chi connectivity index (χ1) is 15.1. The lowest BCUT2D eigenvalue weighted by Crippen LogP contribution is -2.47. The lowest BCUT2D eigenvalue weighted by molar-refractivity contribution is -0.137. The van der Waals surface area contributed by atoms with E-state index in [1.165, 1.54) is 16.4 Å². The average molecular weight is 467 g/mol. The van der Waals surface area contributed by atoms with Gasteiger partial charge in [0, 0.05) is 32.7 Å². The molecule has 0 aliphatic carbocycles. The second-order valence-corrected chi connectivity index (χ2v) is 10.4. The molecule has 1 saturated heterocycles. The zero-order chi connectivity index (χ0) is 23.5. The molecular weight excluding hydrogens is 435 g/mol. The lowest BCUT2D eigenvalue weighted by Gasteiger charge is -2.34. The Hall–Kier alpha value is -2.30. The quantitative estimate of drug-likeness (QED) is 0.594. The molecular formula is C22H31FN4O4S. The van der Waals surface area contributed by atoms with Crippen LogP contribution in [0.25, 0.3) is 0 Å². The molecule has 0 N–H and O–H groups in total. The van der Waals surface area contributed by atoms with Crippen LogP contribution in [0, 0.1) is 25.6 Å². The van der Waals surface area contributed by atoms with Gasteiger partial charge in [-0.25, -0.2) is 12.8 Å². The van der Waals surface area contributed by atoms with Crippen LogP contribution in [0.2, 0.25) is 0 Å². The summed E-state index contributed by atoms with van der Waals surface area (Å²) in [6, 6.07) is 6.09. The topological polar surface area (TPSA) is 87.0 Å². The van der Waals surface area contributed by atoms with Crippen molar-refractivity contribution in [2.75, 3.05) is 40.3 Å². The summed E-state index contributed by atoms with van der Waals surface area (Å²) in [6.07, 6.45) is 1.21. The number of amides is 1. The highest BCUT2D eigenvalue weighted by Crippen LogP contribution is 2.28. The van der Waals surface area contributed by atoms with Crippen molar-refractivity contribution >= 4 is 15.9 Å². The van der Waals surface area contributed by atoms with Crippen LogP contribution in [0.5, 0.6) is 0 Å². The summed E-state index contributed by atoms with van der Waals surface area (Å²) >= 11 is 0. The monoisotopic (exact) mass is 466 g/mol. The number of aryl methyl sites for hydroxylation is 2. The van der Waals surface area contributed by atoms with E-state index in [0.29, 0.717) is 44.7 Å². The Bertz CT molecular complexity index is 1020. The SMILES string of the molecule is Cc1noc(C)c1S(=O)(=O)N1CCCC(C(=O)N(CCN(C)C)Cc2ccc(F)cc2)C1. The Labute approximate surface area is 189 Å². The van der Waals surface area contributed by atoms with Crippen molar-refractivity contribution in [3.05, 3.63) is 47.1 Å². The molecule has 1 amide bonds. The first kappa shape index (κ1) is 24.3. The number of carbonyl (C=O) groups is 1. The number of hydrogen-bond acceptors (Lipinski definition) is 6. The lowest BCUT2D eigenvalue weighted by atomic mass is 9.97. The van der Waals surface area contributed by atoms with Crippen LogP contribution in [0.15, 0.2) is 33.7 Å².